The summed E-state index contributed by atoms with van der Waals surface area (Å²) in [6.07, 6.45) is 1.23. The summed E-state index contributed by atoms with van der Waals surface area (Å²) in [6.45, 7) is 3.63. The smallest absolute Gasteiger partial charge is 0.308 e. The molecule has 0 saturated carbocycles. The van der Waals surface area contributed by atoms with Gasteiger partial charge in [0, 0.05) is 5.69 Å². The monoisotopic (exact) mass is 378 g/mol. The van der Waals surface area contributed by atoms with Crippen molar-refractivity contribution >= 4 is 34.8 Å². The Morgan fingerprint density at radius 3 is 2.81 bits per heavy atom. The number of rotatable bonds is 4. The highest BCUT2D eigenvalue weighted by Crippen LogP contribution is 2.19. The number of carbonyl (C=O) groups excluding carboxylic acids is 1. The summed E-state index contributed by atoms with van der Waals surface area (Å²) in [5.74, 6) is 0.178. The van der Waals surface area contributed by atoms with Crippen LogP contribution < -0.4 is 16.2 Å². The first-order valence-corrected chi connectivity index (χ1v) is 8.28. The van der Waals surface area contributed by atoms with Crippen molar-refractivity contribution in [2.24, 2.45) is 0 Å². The van der Waals surface area contributed by atoms with Gasteiger partial charge in [0.1, 0.15) is 17.3 Å². The van der Waals surface area contributed by atoms with Gasteiger partial charge in [0.2, 0.25) is 0 Å². The summed E-state index contributed by atoms with van der Waals surface area (Å²) in [7, 11) is 0. The van der Waals surface area contributed by atoms with Crippen molar-refractivity contribution in [2.45, 2.75) is 26.7 Å². The Morgan fingerprint density at radius 1 is 1.35 bits per heavy atom. The van der Waals surface area contributed by atoms with Crippen molar-refractivity contribution in [3.8, 4) is 0 Å². The highest BCUT2D eigenvalue weighted by Gasteiger charge is 2.17. The fraction of sp³-hybridized carbons (Fsp3) is 0.250. The van der Waals surface area contributed by atoms with Crippen LogP contribution in [0.25, 0.3) is 5.78 Å². The van der Waals surface area contributed by atoms with Crippen LogP contribution in [0, 0.1) is 12.7 Å². The molecule has 0 aliphatic rings. The van der Waals surface area contributed by atoms with Crippen LogP contribution in [0.4, 0.5) is 20.6 Å². The molecule has 0 saturated heterocycles. The lowest BCUT2D eigenvalue weighted by atomic mass is 10.2. The minimum atomic E-state index is -0.667. The zero-order chi connectivity index (χ0) is 18.8. The number of hydrogen-bond acceptors (Lipinski definition) is 4. The second kappa shape index (κ2) is 7.12. The number of anilines is 2. The summed E-state index contributed by atoms with van der Waals surface area (Å²) in [4.78, 5) is 33.4. The van der Waals surface area contributed by atoms with Crippen molar-refractivity contribution in [3.05, 3.63) is 50.9 Å². The molecule has 0 atom stereocenters. The Bertz CT molecular complexity index is 1050. The Labute approximate surface area is 152 Å². The Kier molecular flexibility index (Phi) is 4.90. The summed E-state index contributed by atoms with van der Waals surface area (Å²) in [5.41, 5.74) is 0.318. The van der Waals surface area contributed by atoms with Crippen LogP contribution in [0.5, 0.6) is 0 Å². The summed E-state index contributed by atoms with van der Waals surface area (Å²) in [6, 6.07) is 3.10. The zero-order valence-corrected chi connectivity index (χ0v) is 14.8. The van der Waals surface area contributed by atoms with Crippen LogP contribution in [-0.2, 0) is 6.42 Å². The third-order valence-corrected chi connectivity index (χ3v) is 3.87. The number of urea groups is 1. The largest absolute Gasteiger partial charge is 0.323 e. The average molecular weight is 379 g/mol. The number of aromatic amines is 1. The van der Waals surface area contributed by atoms with E-state index in [1.54, 1.807) is 6.92 Å². The number of nitrogens with zero attached hydrogens (tertiary/aromatic N) is 3. The van der Waals surface area contributed by atoms with Gasteiger partial charge in [0.15, 0.2) is 0 Å². The predicted octanol–water partition coefficient (Wildman–Crippen LogP) is 3.12. The second-order valence-corrected chi connectivity index (χ2v) is 6.05. The van der Waals surface area contributed by atoms with E-state index < -0.39 is 17.4 Å². The Morgan fingerprint density at radius 2 is 2.12 bits per heavy atom. The summed E-state index contributed by atoms with van der Waals surface area (Å²) < 4.78 is 14.4. The van der Waals surface area contributed by atoms with Crippen LogP contribution in [-0.4, -0.2) is 25.6 Å². The maximum atomic E-state index is 13.2. The highest BCUT2D eigenvalue weighted by molar-refractivity contribution is 6.31. The van der Waals surface area contributed by atoms with Gasteiger partial charge in [-0.05, 0) is 31.5 Å². The Hall–Kier alpha value is -2.94. The van der Waals surface area contributed by atoms with E-state index in [9.17, 15) is 14.0 Å². The lowest BCUT2D eigenvalue weighted by molar-refractivity contribution is 0.262. The quantitative estimate of drug-likeness (QED) is 0.648. The van der Waals surface area contributed by atoms with Crippen LogP contribution in [0.2, 0.25) is 5.02 Å². The number of halogens is 2. The predicted molar refractivity (Wildman–Crippen MR) is 96.4 cm³/mol. The topological polar surface area (TPSA) is 104 Å². The molecule has 26 heavy (non-hydrogen) atoms. The summed E-state index contributed by atoms with van der Waals surface area (Å²) in [5, 5.41) is 7.68. The Balaban J connectivity index is 1.92. The normalized spacial score (nSPS) is 10.9. The molecule has 3 aromatic rings. The molecule has 2 aromatic heterocycles. The first-order valence-electron chi connectivity index (χ1n) is 7.90. The number of nitrogens with one attached hydrogen (secondary N) is 3. The number of aryl methyl sites for hydroxylation is 2. The minimum absolute atomic E-state index is 0.0544. The number of aromatic nitrogens is 4. The average Bonchev–Trinajstić information content (AvgIpc) is 2.95. The number of benzene rings is 1. The number of amides is 2. The van der Waals surface area contributed by atoms with E-state index in [2.05, 4.69) is 25.7 Å². The fourth-order valence-corrected chi connectivity index (χ4v) is 2.64. The molecule has 8 nitrogen and oxygen atoms in total. The van der Waals surface area contributed by atoms with Crippen LogP contribution in [0.3, 0.4) is 0 Å². The molecule has 0 unspecified atom stereocenters. The molecular formula is C16H16ClFN6O2. The summed E-state index contributed by atoms with van der Waals surface area (Å²) >= 11 is 5.70. The number of hydrogen-bond donors (Lipinski definition) is 3. The zero-order valence-electron chi connectivity index (χ0n) is 14.1. The second-order valence-electron chi connectivity index (χ2n) is 5.64. The molecule has 0 spiro atoms. The van der Waals surface area contributed by atoms with Crippen molar-refractivity contribution < 1.29 is 9.18 Å². The van der Waals surface area contributed by atoms with Crippen LogP contribution >= 0.6 is 11.6 Å². The van der Waals surface area contributed by atoms with Gasteiger partial charge >= 0.3 is 6.03 Å². The SMILES string of the molecule is CCCc1nc2nc(C)[nH]n2c(=O)c1NC(=O)Nc1ccc(F)c(Cl)c1. The van der Waals surface area contributed by atoms with Gasteiger partial charge in [-0.3, -0.25) is 9.89 Å². The lowest BCUT2D eigenvalue weighted by Gasteiger charge is -2.11. The van der Waals surface area contributed by atoms with Crippen LogP contribution in [0.15, 0.2) is 23.0 Å². The van der Waals surface area contributed by atoms with E-state index >= 15 is 0 Å². The molecule has 1 aromatic carbocycles. The molecule has 0 aliphatic carbocycles. The van der Waals surface area contributed by atoms with E-state index in [4.69, 9.17) is 11.6 Å². The maximum absolute atomic E-state index is 13.2. The fourth-order valence-electron chi connectivity index (χ4n) is 2.46. The van der Waals surface area contributed by atoms with E-state index in [-0.39, 0.29) is 22.2 Å². The molecule has 2 amide bonds. The highest BCUT2D eigenvalue weighted by atomic mass is 35.5. The van der Waals surface area contributed by atoms with Crippen molar-refractivity contribution in [1.82, 2.24) is 19.6 Å². The van der Waals surface area contributed by atoms with Gasteiger partial charge in [-0.1, -0.05) is 24.9 Å². The molecule has 0 radical (unpaired) electrons. The molecular weight excluding hydrogens is 363 g/mol. The first-order chi connectivity index (χ1) is 12.4. The molecule has 0 fully saturated rings. The van der Waals surface area contributed by atoms with Crippen molar-refractivity contribution in [1.29, 1.82) is 0 Å². The molecule has 3 rings (SSSR count). The third kappa shape index (κ3) is 3.52. The van der Waals surface area contributed by atoms with E-state index in [1.807, 2.05) is 6.92 Å². The van der Waals surface area contributed by atoms with E-state index in [0.717, 1.165) is 12.5 Å². The van der Waals surface area contributed by atoms with E-state index in [1.165, 1.54) is 16.6 Å². The maximum Gasteiger partial charge on any atom is 0.323 e. The molecule has 3 N–H and O–H groups in total. The first kappa shape index (κ1) is 17.9. The number of fused-ring (bicyclic) bond motifs is 1. The number of H-pyrrole nitrogens is 1. The van der Waals surface area contributed by atoms with Gasteiger partial charge < -0.3 is 10.6 Å². The van der Waals surface area contributed by atoms with Crippen LogP contribution in [0.1, 0.15) is 24.9 Å². The molecule has 136 valence electrons. The van der Waals surface area contributed by atoms with Crippen molar-refractivity contribution in [2.75, 3.05) is 10.6 Å². The van der Waals surface area contributed by atoms with Gasteiger partial charge in [0.25, 0.3) is 11.3 Å². The third-order valence-electron chi connectivity index (χ3n) is 3.58. The molecule has 2 heterocycles. The van der Waals surface area contributed by atoms with Gasteiger partial charge in [-0.25, -0.2) is 14.2 Å². The van der Waals surface area contributed by atoms with Crippen molar-refractivity contribution in [3.63, 3.8) is 0 Å². The standard InChI is InChI=1S/C16H16ClFN6O2/c1-3-4-12-13(14(25)24-15(21-12)19-8(2)23-24)22-16(26)20-9-5-6-11(18)10(17)7-9/h5-7H,3-4H2,1-2H3,(H,19,21,23)(H2,20,22,26). The molecule has 10 heteroatoms. The van der Waals surface area contributed by atoms with Gasteiger partial charge in [-0.15, -0.1) is 0 Å². The number of carbonyl (C=O) groups is 1. The molecule has 0 bridgehead atoms. The minimum Gasteiger partial charge on any atom is -0.308 e. The lowest BCUT2D eigenvalue weighted by Crippen LogP contribution is -2.28. The van der Waals surface area contributed by atoms with E-state index in [0.29, 0.717) is 17.9 Å². The molecule has 0 aliphatic heterocycles. The van der Waals surface area contributed by atoms with Gasteiger partial charge in [-0.2, -0.15) is 9.50 Å². The van der Waals surface area contributed by atoms with Gasteiger partial charge in [0.05, 0.1) is 10.7 Å².